The van der Waals surface area contributed by atoms with Gasteiger partial charge < -0.3 is 5.73 Å². The Labute approximate surface area is 92.4 Å². The number of carbonyl (C=O) groups is 1. The van der Waals surface area contributed by atoms with Gasteiger partial charge in [-0.1, -0.05) is 0 Å². The third-order valence-electron chi connectivity index (χ3n) is 1.80. The fourth-order valence-corrected chi connectivity index (χ4v) is 1.92. The van der Waals surface area contributed by atoms with Crippen LogP contribution < -0.4 is 5.73 Å². The molecule has 0 aliphatic rings. The van der Waals surface area contributed by atoms with Gasteiger partial charge >= 0.3 is 6.18 Å². The maximum atomic E-state index is 12.3. The molecule has 0 heterocycles. The van der Waals surface area contributed by atoms with Gasteiger partial charge in [0.05, 0.1) is 11.1 Å². The number of nitrogens with two attached hydrogens (primary N) is 1. The topological polar surface area (TPSA) is 43.1 Å². The van der Waals surface area contributed by atoms with Crippen molar-refractivity contribution in [3.05, 3.63) is 27.7 Å². The summed E-state index contributed by atoms with van der Waals surface area (Å²) in [6.07, 6.45) is -4.47. The molecule has 0 fully saturated rings. The van der Waals surface area contributed by atoms with Crippen molar-refractivity contribution in [3.63, 3.8) is 0 Å². The van der Waals surface area contributed by atoms with E-state index in [-0.39, 0.29) is 21.5 Å². The number of hydrogen-bond acceptors (Lipinski definition) is 2. The Balaban J connectivity index is 3.39. The molecule has 0 radical (unpaired) electrons. The Morgan fingerprint density at radius 3 is 2.27 bits per heavy atom. The molecule has 2 N–H and O–H groups in total. The van der Waals surface area contributed by atoms with E-state index in [4.69, 9.17) is 5.73 Å². The summed E-state index contributed by atoms with van der Waals surface area (Å²) in [7, 11) is 0. The molecule has 2 nitrogen and oxygen atoms in total. The number of carbonyl (C=O) groups excluding carboxylic acids is 1. The summed E-state index contributed by atoms with van der Waals surface area (Å²) in [5.74, 6) is -0.381. The van der Waals surface area contributed by atoms with Crippen molar-refractivity contribution in [2.24, 2.45) is 0 Å². The second-order valence-electron chi connectivity index (χ2n) is 2.98. The Hall–Kier alpha value is -1.04. The van der Waals surface area contributed by atoms with Crippen LogP contribution in [0.1, 0.15) is 22.8 Å². The number of benzene rings is 1. The lowest BCUT2D eigenvalue weighted by atomic mass is 10.1. The molecule has 1 aromatic carbocycles. The quantitative estimate of drug-likeness (QED) is 0.634. The number of rotatable bonds is 1. The summed E-state index contributed by atoms with van der Waals surface area (Å²) in [5, 5.41) is 0. The molecule has 0 spiro atoms. The molecule has 0 unspecified atom stereocenters. The van der Waals surface area contributed by atoms with E-state index in [9.17, 15) is 18.0 Å². The van der Waals surface area contributed by atoms with Crippen molar-refractivity contribution >= 4 is 27.4 Å². The molecule has 0 atom stereocenters. The summed E-state index contributed by atoms with van der Waals surface area (Å²) in [4.78, 5) is 11.1. The highest BCUT2D eigenvalue weighted by atomic mass is 79.9. The Bertz CT molecular complexity index is 391. The van der Waals surface area contributed by atoms with Crippen LogP contribution in [0.15, 0.2) is 16.6 Å². The van der Waals surface area contributed by atoms with Gasteiger partial charge in [-0.3, -0.25) is 4.79 Å². The average Bonchev–Trinajstić information content (AvgIpc) is 1.99. The van der Waals surface area contributed by atoms with Gasteiger partial charge in [-0.25, -0.2) is 0 Å². The standard InChI is InChI=1S/C9H7BrF3NO/c1-4(15)8-6(10)2-5(3-7(8)14)9(11,12)13/h2-3H,14H2,1H3. The van der Waals surface area contributed by atoms with Crippen LogP contribution >= 0.6 is 15.9 Å². The van der Waals surface area contributed by atoms with Crippen molar-refractivity contribution in [1.82, 2.24) is 0 Å². The number of alkyl halides is 3. The van der Waals surface area contributed by atoms with Gasteiger partial charge in [0.25, 0.3) is 0 Å². The van der Waals surface area contributed by atoms with Crippen molar-refractivity contribution < 1.29 is 18.0 Å². The molecule has 82 valence electrons. The molecule has 0 saturated heterocycles. The zero-order chi connectivity index (χ0) is 11.8. The van der Waals surface area contributed by atoms with E-state index < -0.39 is 11.7 Å². The summed E-state index contributed by atoms with van der Waals surface area (Å²) in [5.41, 5.74) is 4.39. The molecule has 0 bridgehead atoms. The van der Waals surface area contributed by atoms with Crippen molar-refractivity contribution in [3.8, 4) is 0 Å². The second-order valence-corrected chi connectivity index (χ2v) is 3.83. The van der Waals surface area contributed by atoms with Crippen LogP contribution in [0.4, 0.5) is 18.9 Å². The van der Waals surface area contributed by atoms with E-state index >= 15 is 0 Å². The number of nitrogen functional groups attached to an aromatic ring is 1. The summed E-state index contributed by atoms with van der Waals surface area (Å²) >= 11 is 2.89. The molecule has 0 saturated carbocycles. The van der Waals surface area contributed by atoms with Gasteiger partial charge in [0.2, 0.25) is 0 Å². The summed E-state index contributed by atoms with van der Waals surface area (Å²) in [6, 6.07) is 1.59. The van der Waals surface area contributed by atoms with E-state index in [1.54, 1.807) is 0 Å². The second kappa shape index (κ2) is 3.84. The number of ketones is 1. The Morgan fingerprint density at radius 2 is 1.93 bits per heavy atom. The van der Waals surface area contributed by atoms with E-state index in [1.165, 1.54) is 6.92 Å². The highest BCUT2D eigenvalue weighted by Gasteiger charge is 2.32. The number of halogens is 4. The largest absolute Gasteiger partial charge is 0.416 e. The lowest BCUT2D eigenvalue weighted by Crippen LogP contribution is -2.09. The van der Waals surface area contributed by atoms with Gasteiger partial charge in [0.1, 0.15) is 0 Å². The summed E-state index contributed by atoms with van der Waals surface area (Å²) in [6.45, 7) is 1.24. The highest BCUT2D eigenvalue weighted by molar-refractivity contribution is 9.10. The lowest BCUT2D eigenvalue weighted by Gasteiger charge is -2.11. The third kappa shape index (κ3) is 2.50. The highest BCUT2D eigenvalue weighted by Crippen LogP contribution is 2.35. The predicted molar refractivity (Wildman–Crippen MR) is 53.6 cm³/mol. The van der Waals surface area contributed by atoms with E-state index in [1.807, 2.05) is 0 Å². The van der Waals surface area contributed by atoms with Crippen molar-refractivity contribution in [1.29, 1.82) is 0 Å². The maximum absolute atomic E-state index is 12.3. The first-order valence-electron chi connectivity index (χ1n) is 3.90. The zero-order valence-electron chi connectivity index (χ0n) is 7.65. The molecule has 0 aliphatic carbocycles. The van der Waals surface area contributed by atoms with Gasteiger partial charge in [-0.2, -0.15) is 13.2 Å². The minimum atomic E-state index is -4.47. The normalized spacial score (nSPS) is 11.5. The van der Waals surface area contributed by atoms with Crippen LogP contribution in [-0.2, 0) is 6.18 Å². The van der Waals surface area contributed by atoms with Crippen LogP contribution in [0.5, 0.6) is 0 Å². The van der Waals surface area contributed by atoms with Crippen LogP contribution in [-0.4, -0.2) is 5.78 Å². The first-order chi connectivity index (χ1) is 6.73. The fraction of sp³-hybridized carbons (Fsp3) is 0.222. The minimum Gasteiger partial charge on any atom is -0.398 e. The number of Topliss-reactive ketones (excluding diaryl/α,β-unsaturated/α-hetero) is 1. The lowest BCUT2D eigenvalue weighted by molar-refractivity contribution is -0.137. The zero-order valence-corrected chi connectivity index (χ0v) is 9.24. The van der Waals surface area contributed by atoms with Crippen molar-refractivity contribution in [2.75, 3.05) is 5.73 Å². The first kappa shape index (κ1) is 12.0. The Kier molecular flexibility index (Phi) is 3.08. The number of hydrogen-bond donors (Lipinski definition) is 1. The monoisotopic (exact) mass is 281 g/mol. The van der Waals surface area contributed by atoms with E-state index in [0.717, 1.165) is 12.1 Å². The molecular weight excluding hydrogens is 275 g/mol. The van der Waals surface area contributed by atoms with Crippen LogP contribution in [0.2, 0.25) is 0 Å². The van der Waals surface area contributed by atoms with Gasteiger partial charge in [-0.15, -0.1) is 0 Å². The molecule has 1 aromatic rings. The summed E-state index contributed by atoms with van der Waals surface area (Å²) < 4.78 is 37.0. The molecule has 1 rings (SSSR count). The SMILES string of the molecule is CC(=O)c1c(N)cc(C(F)(F)F)cc1Br. The third-order valence-corrected chi connectivity index (χ3v) is 2.43. The maximum Gasteiger partial charge on any atom is 0.416 e. The van der Waals surface area contributed by atoms with Crippen LogP contribution in [0.25, 0.3) is 0 Å². The van der Waals surface area contributed by atoms with Crippen LogP contribution in [0, 0.1) is 0 Å². The van der Waals surface area contributed by atoms with Gasteiger partial charge in [-0.05, 0) is 35.0 Å². The predicted octanol–water partition coefficient (Wildman–Crippen LogP) is 3.25. The average molecular weight is 282 g/mol. The minimum absolute atomic E-state index is 0.0577. The first-order valence-corrected chi connectivity index (χ1v) is 4.70. The molecule has 0 aromatic heterocycles. The molecule has 0 amide bonds. The van der Waals surface area contributed by atoms with Gasteiger partial charge in [0, 0.05) is 10.2 Å². The van der Waals surface area contributed by atoms with E-state index in [0.29, 0.717) is 0 Å². The number of anilines is 1. The molecule has 6 heteroatoms. The fourth-order valence-electron chi connectivity index (χ4n) is 1.16. The molecular formula is C9H7BrF3NO. The molecule has 15 heavy (non-hydrogen) atoms. The van der Waals surface area contributed by atoms with Crippen molar-refractivity contribution in [2.45, 2.75) is 13.1 Å². The van der Waals surface area contributed by atoms with E-state index in [2.05, 4.69) is 15.9 Å². The van der Waals surface area contributed by atoms with Gasteiger partial charge in [0.15, 0.2) is 5.78 Å². The Morgan fingerprint density at radius 1 is 1.40 bits per heavy atom. The van der Waals surface area contributed by atoms with Crippen LogP contribution in [0.3, 0.4) is 0 Å². The smallest absolute Gasteiger partial charge is 0.398 e. The molecule has 0 aliphatic heterocycles.